The molecule has 0 unspecified atom stereocenters. The summed E-state index contributed by atoms with van der Waals surface area (Å²) in [4.78, 5) is 12.4. The number of rotatable bonds is 3. The van der Waals surface area contributed by atoms with Crippen LogP contribution >= 0.6 is 0 Å². The number of primary amides is 1. The summed E-state index contributed by atoms with van der Waals surface area (Å²) in [6.07, 6.45) is 3.12. The molecule has 1 fully saturated rings. The first-order valence-electron chi connectivity index (χ1n) is 5.41. The molecule has 1 aliphatic rings. The lowest BCUT2D eigenvalue weighted by molar-refractivity contribution is 0.255. The summed E-state index contributed by atoms with van der Waals surface area (Å²) >= 11 is 0. The number of nitrogens with zero attached hydrogens (tertiary/aromatic N) is 1. The Morgan fingerprint density at radius 2 is 1.94 bits per heavy atom. The average molecular weight is 219 g/mol. The Bertz CT molecular complexity index is 395. The second-order valence-corrected chi connectivity index (χ2v) is 4.60. The lowest BCUT2D eigenvalue weighted by Crippen LogP contribution is -2.31. The van der Waals surface area contributed by atoms with Gasteiger partial charge in [-0.25, -0.2) is 4.79 Å². The Morgan fingerprint density at radius 1 is 1.38 bits per heavy atom. The van der Waals surface area contributed by atoms with Crippen LogP contribution in [0, 0.1) is 0 Å². The van der Waals surface area contributed by atoms with Crippen molar-refractivity contribution in [2.24, 2.45) is 11.5 Å². The van der Waals surface area contributed by atoms with Crippen LogP contribution in [0.4, 0.5) is 10.5 Å². The zero-order valence-corrected chi connectivity index (χ0v) is 9.44. The molecule has 1 aromatic carbocycles. The Morgan fingerprint density at radius 3 is 2.38 bits per heavy atom. The number of urea groups is 1. The van der Waals surface area contributed by atoms with Crippen molar-refractivity contribution in [1.82, 2.24) is 0 Å². The summed E-state index contributed by atoms with van der Waals surface area (Å²) in [5.74, 6) is 0. The van der Waals surface area contributed by atoms with Crippen LogP contribution in [0.3, 0.4) is 0 Å². The van der Waals surface area contributed by atoms with E-state index >= 15 is 0 Å². The van der Waals surface area contributed by atoms with Gasteiger partial charge in [-0.05, 0) is 37.0 Å². The van der Waals surface area contributed by atoms with Crippen molar-refractivity contribution >= 4 is 11.7 Å². The highest BCUT2D eigenvalue weighted by atomic mass is 16.2. The standard InChI is InChI=1S/C12H17N3O/c1-15(11(13)16)10-4-2-9(3-5-10)8-12(14)6-7-12/h2-5H,6-8,14H2,1H3,(H2,13,16). The first-order valence-corrected chi connectivity index (χ1v) is 5.41. The number of carbonyl (C=O) groups is 1. The smallest absolute Gasteiger partial charge is 0.318 e. The van der Waals surface area contributed by atoms with Crippen LogP contribution in [-0.4, -0.2) is 18.6 Å². The highest BCUT2D eigenvalue weighted by Crippen LogP contribution is 2.35. The van der Waals surface area contributed by atoms with Crippen molar-refractivity contribution in [3.8, 4) is 0 Å². The normalized spacial score (nSPS) is 16.9. The quantitative estimate of drug-likeness (QED) is 0.802. The predicted octanol–water partition coefficient (Wildman–Crippen LogP) is 1.24. The maximum atomic E-state index is 11.0. The number of hydrogen-bond donors (Lipinski definition) is 2. The van der Waals surface area contributed by atoms with Crippen molar-refractivity contribution in [2.45, 2.75) is 24.8 Å². The minimum absolute atomic E-state index is 0.0249. The molecule has 1 saturated carbocycles. The van der Waals surface area contributed by atoms with Gasteiger partial charge in [0.1, 0.15) is 0 Å². The SMILES string of the molecule is CN(C(N)=O)c1ccc(CC2(N)CC2)cc1. The van der Waals surface area contributed by atoms with Crippen LogP contribution in [0.25, 0.3) is 0 Å². The van der Waals surface area contributed by atoms with Crippen molar-refractivity contribution in [3.63, 3.8) is 0 Å². The van der Waals surface area contributed by atoms with Crippen LogP contribution in [0.2, 0.25) is 0 Å². The zero-order valence-electron chi connectivity index (χ0n) is 9.44. The van der Waals surface area contributed by atoms with Crippen molar-refractivity contribution in [3.05, 3.63) is 29.8 Å². The predicted molar refractivity (Wildman–Crippen MR) is 64.3 cm³/mol. The molecular weight excluding hydrogens is 202 g/mol. The highest BCUT2D eigenvalue weighted by molar-refractivity contribution is 5.89. The Labute approximate surface area is 95.2 Å². The molecule has 4 N–H and O–H groups in total. The first-order chi connectivity index (χ1) is 7.50. The molecule has 2 amide bonds. The molecule has 4 heteroatoms. The Kier molecular flexibility index (Phi) is 2.59. The first kappa shape index (κ1) is 11.0. The third-order valence-electron chi connectivity index (χ3n) is 3.10. The molecule has 0 aliphatic heterocycles. The fourth-order valence-corrected chi connectivity index (χ4v) is 1.71. The van der Waals surface area contributed by atoms with Crippen LogP contribution in [0.5, 0.6) is 0 Å². The van der Waals surface area contributed by atoms with E-state index in [2.05, 4.69) is 0 Å². The lowest BCUT2D eigenvalue weighted by Gasteiger charge is -2.15. The summed E-state index contributed by atoms with van der Waals surface area (Å²) in [7, 11) is 1.66. The fraction of sp³-hybridized carbons (Fsp3) is 0.417. The second kappa shape index (κ2) is 3.79. The van der Waals surface area contributed by atoms with E-state index in [1.165, 1.54) is 10.5 Å². The van der Waals surface area contributed by atoms with E-state index in [9.17, 15) is 4.79 Å². The molecule has 0 atom stereocenters. The molecule has 0 heterocycles. The van der Waals surface area contributed by atoms with Gasteiger partial charge in [-0.2, -0.15) is 0 Å². The number of nitrogens with two attached hydrogens (primary N) is 2. The topological polar surface area (TPSA) is 72.3 Å². The molecule has 0 saturated heterocycles. The third-order valence-corrected chi connectivity index (χ3v) is 3.10. The number of benzene rings is 1. The van der Waals surface area contributed by atoms with Gasteiger partial charge in [0.25, 0.3) is 0 Å². The molecule has 16 heavy (non-hydrogen) atoms. The Balaban J connectivity index is 2.07. The van der Waals surface area contributed by atoms with E-state index in [1.54, 1.807) is 7.05 Å². The van der Waals surface area contributed by atoms with Crippen LogP contribution < -0.4 is 16.4 Å². The van der Waals surface area contributed by atoms with E-state index in [-0.39, 0.29) is 5.54 Å². The molecule has 0 aromatic heterocycles. The van der Waals surface area contributed by atoms with Crippen molar-refractivity contribution < 1.29 is 4.79 Å². The summed E-state index contributed by atoms with van der Waals surface area (Å²) < 4.78 is 0. The molecule has 4 nitrogen and oxygen atoms in total. The molecule has 86 valence electrons. The van der Waals surface area contributed by atoms with Gasteiger partial charge in [-0.1, -0.05) is 12.1 Å². The van der Waals surface area contributed by atoms with Crippen LogP contribution in [0.15, 0.2) is 24.3 Å². The number of carbonyl (C=O) groups excluding carboxylic acids is 1. The number of amides is 2. The van der Waals surface area contributed by atoms with Crippen molar-refractivity contribution in [1.29, 1.82) is 0 Å². The number of anilines is 1. The largest absolute Gasteiger partial charge is 0.351 e. The zero-order chi connectivity index (χ0) is 11.8. The molecule has 1 aliphatic carbocycles. The summed E-state index contributed by atoms with van der Waals surface area (Å²) in [5.41, 5.74) is 13.3. The van der Waals surface area contributed by atoms with E-state index in [1.807, 2.05) is 24.3 Å². The van der Waals surface area contributed by atoms with Gasteiger partial charge in [-0.15, -0.1) is 0 Å². The maximum Gasteiger partial charge on any atom is 0.318 e. The highest BCUT2D eigenvalue weighted by Gasteiger charge is 2.37. The lowest BCUT2D eigenvalue weighted by atomic mass is 10.0. The van der Waals surface area contributed by atoms with Crippen LogP contribution in [0.1, 0.15) is 18.4 Å². The molecule has 0 radical (unpaired) electrons. The van der Waals surface area contributed by atoms with Gasteiger partial charge in [0.15, 0.2) is 0 Å². The van der Waals surface area contributed by atoms with Gasteiger partial charge in [0.2, 0.25) is 0 Å². The minimum atomic E-state index is -0.453. The van der Waals surface area contributed by atoms with Gasteiger partial charge < -0.3 is 11.5 Å². The molecule has 0 spiro atoms. The average Bonchev–Trinajstić information content (AvgIpc) is 2.96. The van der Waals surface area contributed by atoms with Gasteiger partial charge in [0, 0.05) is 18.3 Å². The van der Waals surface area contributed by atoms with Crippen molar-refractivity contribution in [2.75, 3.05) is 11.9 Å². The van der Waals surface area contributed by atoms with E-state index < -0.39 is 6.03 Å². The van der Waals surface area contributed by atoms with Gasteiger partial charge in [0.05, 0.1) is 0 Å². The van der Waals surface area contributed by atoms with E-state index in [0.717, 1.165) is 24.9 Å². The Hall–Kier alpha value is -1.55. The number of hydrogen-bond acceptors (Lipinski definition) is 2. The minimum Gasteiger partial charge on any atom is -0.351 e. The van der Waals surface area contributed by atoms with Gasteiger partial charge >= 0.3 is 6.03 Å². The summed E-state index contributed by atoms with van der Waals surface area (Å²) in [6.45, 7) is 0. The van der Waals surface area contributed by atoms with Crippen LogP contribution in [-0.2, 0) is 6.42 Å². The molecule has 2 rings (SSSR count). The van der Waals surface area contributed by atoms with E-state index in [0.29, 0.717) is 0 Å². The molecular formula is C12H17N3O. The monoisotopic (exact) mass is 219 g/mol. The summed E-state index contributed by atoms with van der Waals surface area (Å²) in [5, 5.41) is 0. The van der Waals surface area contributed by atoms with Gasteiger partial charge in [-0.3, -0.25) is 4.90 Å². The fourth-order valence-electron chi connectivity index (χ4n) is 1.71. The summed E-state index contributed by atoms with van der Waals surface area (Å²) in [6, 6.07) is 7.34. The van der Waals surface area contributed by atoms with E-state index in [4.69, 9.17) is 11.5 Å². The molecule has 1 aromatic rings. The molecule has 0 bridgehead atoms. The third kappa shape index (κ3) is 2.33. The second-order valence-electron chi connectivity index (χ2n) is 4.60. The maximum absolute atomic E-state index is 11.0.